The van der Waals surface area contributed by atoms with Gasteiger partial charge in [-0.1, -0.05) is 26.0 Å². The fourth-order valence-corrected chi connectivity index (χ4v) is 3.23. The average molecular weight is 352 g/mol. The molecule has 0 aliphatic carbocycles. The number of amides is 2. The Labute approximate surface area is 154 Å². The van der Waals surface area contributed by atoms with E-state index in [1.807, 2.05) is 29.2 Å². The van der Waals surface area contributed by atoms with E-state index in [0.29, 0.717) is 36.6 Å². The minimum Gasteiger partial charge on any atom is -0.496 e. The molecule has 0 saturated carbocycles. The van der Waals surface area contributed by atoms with Crippen molar-refractivity contribution >= 4 is 23.2 Å². The lowest BCUT2D eigenvalue weighted by Gasteiger charge is -2.31. The second-order valence-corrected chi connectivity index (χ2v) is 6.90. The van der Waals surface area contributed by atoms with Gasteiger partial charge in [0.25, 0.3) is 5.91 Å². The molecule has 1 heterocycles. The number of carbonyl (C=O) groups is 2. The van der Waals surface area contributed by atoms with Crippen LogP contribution in [0.3, 0.4) is 0 Å². The summed E-state index contributed by atoms with van der Waals surface area (Å²) in [7, 11) is 1.55. The van der Waals surface area contributed by atoms with Crippen molar-refractivity contribution in [3.8, 4) is 5.75 Å². The van der Waals surface area contributed by atoms with Crippen LogP contribution in [0.1, 0.15) is 36.2 Å². The Morgan fingerprint density at radius 3 is 2.69 bits per heavy atom. The van der Waals surface area contributed by atoms with E-state index in [1.165, 1.54) is 0 Å². The monoisotopic (exact) mass is 352 g/mol. The molecule has 0 radical (unpaired) electrons. The van der Waals surface area contributed by atoms with Gasteiger partial charge in [0.1, 0.15) is 5.75 Å². The second kappa shape index (κ2) is 7.60. The SMILES string of the molecule is COc1ccccc1C(=O)Nc1ccc2c(c1)CCC(=O)N2CC(C)C. The number of carbonyl (C=O) groups excluding carboxylic acids is 2. The second-order valence-electron chi connectivity index (χ2n) is 6.90. The van der Waals surface area contributed by atoms with Crippen molar-refractivity contribution in [1.29, 1.82) is 0 Å². The van der Waals surface area contributed by atoms with Crippen molar-refractivity contribution < 1.29 is 14.3 Å². The fourth-order valence-electron chi connectivity index (χ4n) is 3.23. The molecule has 0 atom stereocenters. The molecular formula is C21H24N2O3. The van der Waals surface area contributed by atoms with Gasteiger partial charge in [-0.05, 0) is 48.2 Å². The molecule has 0 spiro atoms. The molecular weight excluding hydrogens is 328 g/mol. The lowest BCUT2D eigenvalue weighted by Crippen LogP contribution is -2.37. The highest BCUT2D eigenvalue weighted by atomic mass is 16.5. The Morgan fingerprint density at radius 1 is 1.19 bits per heavy atom. The Balaban J connectivity index is 1.83. The summed E-state index contributed by atoms with van der Waals surface area (Å²) in [5.74, 6) is 0.886. The molecule has 1 aliphatic heterocycles. The molecule has 0 saturated heterocycles. The zero-order chi connectivity index (χ0) is 18.7. The van der Waals surface area contributed by atoms with E-state index in [9.17, 15) is 9.59 Å². The molecule has 26 heavy (non-hydrogen) atoms. The van der Waals surface area contributed by atoms with Gasteiger partial charge >= 0.3 is 0 Å². The quantitative estimate of drug-likeness (QED) is 0.888. The van der Waals surface area contributed by atoms with Crippen LogP contribution in [0.15, 0.2) is 42.5 Å². The summed E-state index contributed by atoms with van der Waals surface area (Å²) in [6.07, 6.45) is 1.20. The van der Waals surface area contributed by atoms with E-state index >= 15 is 0 Å². The number of anilines is 2. The molecule has 2 amide bonds. The van der Waals surface area contributed by atoms with Crippen LogP contribution in [0.25, 0.3) is 0 Å². The first kappa shape index (κ1) is 18.0. The lowest BCUT2D eigenvalue weighted by molar-refractivity contribution is -0.119. The smallest absolute Gasteiger partial charge is 0.259 e. The largest absolute Gasteiger partial charge is 0.496 e. The van der Waals surface area contributed by atoms with Crippen molar-refractivity contribution in [2.45, 2.75) is 26.7 Å². The normalized spacial score (nSPS) is 13.5. The molecule has 0 fully saturated rings. The van der Waals surface area contributed by atoms with E-state index in [0.717, 1.165) is 16.9 Å². The predicted octanol–water partition coefficient (Wildman–Crippen LogP) is 3.88. The number of ether oxygens (including phenoxy) is 1. The Morgan fingerprint density at radius 2 is 1.96 bits per heavy atom. The highest BCUT2D eigenvalue weighted by Gasteiger charge is 2.25. The van der Waals surface area contributed by atoms with Gasteiger partial charge < -0.3 is 15.0 Å². The van der Waals surface area contributed by atoms with Gasteiger partial charge in [0.2, 0.25) is 5.91 Å². The highest BCUT2D eigenvalue weighted by molar-refractivity contribution is 6.06. The maximum absolute atomic E-state index is 12.6. The van der Waals surface area contributed by atoms with Gasteiger partial charge in [-0.3, -0.25) is 9.59 Å². The number of para-hydroxylation sites is 1. The topological polar surface area (TPSA) is 58.6 Å². The number of nitrogens with zero attached hydrogens (tertiary/aromatic N) is 1. The molecule has 136 valence electrons. The van der Waals surface area contributed by atoms with Crippen molar-refractivity contribution in [2.75, 3.05) is 23.9 Å². The average Bonchev–Trinajstić information content (AvgIpc) is 2.63. The molecule has 0 bridgehead atoms. The zero-order valence-electron chi connectivity index (χ0n) is 15.4. The number of methoxy groups -OCH3 is 1. The third kappa shape index (κ3) is 3.72. The van der Waals surface area contributed by atoms with Crippen molar-refractivity contribution in [3.05, 3.63) is 53.6 Å². The van der Waals surface area contributed by atoms with Gasteiger partial charge in [-0.15, -0.1) is 0 Å². The van der Waals surface area contributed by atoms with E-state index in [2.05, 4.69) is 19.2 Å². The highest BCUT2D eigenvalue weighted by Crippen LogP contribution is 2.31. The Kier molecular flexibility index (Phi) is 5.26. The molecule has 1 aliphatic rings. The number of benzene rings is 2. The van der Waals surface area contributed by atoms with Gasteiger partial charge in [0.15, 0.2) is 0 Å². The Hall–Kier alpha value is -2.82. The standard InChI is InChI=1S/C21H24N2O3/c1-14(2)13-23-18-10-9-16(12-15(18)8-11-20(23)24)22-21(25)17-6-4-5-7-19(17)26-3/h4-7,9-10,12,14H,8,11,13H2,1-3H3,(H,22,25). The molecule has 2 aromatic carbocycles. The number of fused-ring (bicyclic) bond motifs is 1. The van der Waals surface area contributed by atoms with Crippen molar-refractivity contribution in [3.63, 3.8) is 0 Å². The maximum Gasteiger partial charge on any atom is 0.259 e. The molecule has 2 aromatic rings. The minimum absolute atomic E-state index is 0.164. The first-order valence-corrected chi connectivity index (χ1v) is 8.87. The first-order valence-electron chi connectivity index (χ1n) is 8.87. The number of rotatable bonds is 5. The lowest BCUT2D eigenvalue weighted by atomic mass is 9.99. The summed E-state index contributed by atoms with van der Waals surface area (Å²) in [6.45, 7) is 4.91. The van der Waals surface area contributed by atoms with Crippen molar-refractivity contribution in [1.82, 2.24) is 0 Å². The van der Waals surface area contributed by atoms with Gasteiger partial charge in [0.05, 0.1) is 12.7 Å². The third-order valence-electron chi connectivity index (χ3n) is 4.44. The summed E-state index contributed by atoms with van der Waals surface area (Å²) in [4.78, 5) is 26.7. The number of nitrogens with one attached hydrogen (secondary N) is 1. The van der Waals surface area contributed by atoms with Crippen LogP contribution in [-0.2, 0) is 11.2 Å². The number of hydrogen-bond donors (Lipinski definition) is 1. The fraction of sp³-hybridized carbons (Fsp3) is 0.333. The first-order chi connectivity index (χ1) is 12.5. The predicted molar refractivity (Wildman–Crippen MR) is 103 cm³/mol. The van der Waals surface area contributed by atoms with Crippen LogP contribution < -0.4 is 15.0 Å². The third-order valence-corrected chi connectivity index (χ3v) is 4.44. The Bertz CT molecular complexity index is 830. The number of aryl methyl sites for hydroxylation is 1. The zero-order valence-corrected chi connectivity index (χ0v) is 15.4. The van der Waals surface area contributed by atoms with Crippen LogP contribution in [0.4, 0.5) is 11.4 Å². The van der Waals surface area contributed by atoms with Crippen LogP contribution in [0, 0.1) is 5.92 Å². The van der Waals surface area contributed by atoms with E-state index < -0.39 is 0 Å². The van der Waals surface area contributed by atoms with E-state index in [-0.39, 0.29) is 11.8 Å². The minimum atomic E-state index is -0.215. The number of hydrogen-bond acceptors (Lipinski definition) is 3. The molecule has 0 unspecified atom stereocenters. The van der Waals surface area contributed by atoms with E-state index in [1.54, 1.807) is 25.3 Å². The van der Waals surface area contributed by atoms with Gasteiger partial charge in [-0.2, -0.15) is 0 Å². The summed E-state index contributed by atoms with van der Waals surface area (Å²) in [6, 6.07) is 12.9. The van der Waals surface area contributed by atoms with Crippen LogP contribution >= 0.6 is 0 Å². The summed E-state index contributed by atoms with van der Waals surface area (Å²) in [5.41, 5.74) is 3.25. The molecule has 3 rings (SSSR count). The molecule has 5 heteroatoms. The maximum atomic E-state index is 12.6. The summed E-state index contributed by atoms with van der Waals surface area (Å²) in [5, 5.41) is 2.93. The van der Waals surface area contributed by atoms with Crippen LogP contribution in [-0.4, -0.2) is 25.5 Å². The van der Waals surface area contributed by atoms with Crippen molar-refractivity contribution in [2.24, 2.45) is 5.92 Å². The van der Waals surface area contributed by atoms with Gasteiger partial charge in [-0.25, -0.2) is 0 Å². The summed E-state index contributed by atoms with van der Waals surface area (Å²) < 4.78 is 5.25. The van der Waals surface area contributed by atoms with Crippen LogP contribution in [0.5, 0.6) is 5.75 Å². The molecule has 1 N–H and O–H groups in total. The summed E-state index contributed by atoms with van der Waals surface area (Å²) >= 11 is 0. The van der Waals surface area contributed by atoms with Crippen LogP contribution in [0.2, 0.25) is 0 Å². The molecule has 0 aromatic heterocycles. The molecule has 5 nitrogen and oxygen atoms in total. The van der Waals surface area contributed by atoms with Gasteiger partial charge in [0, 0.05) is 24.3 Å². The van der Waals surface area contributed by atoms with E-state index in [4.69, 9.17) is 4.74 Å².